The maximum absolute atomic E-state index is 10.8. The summed E-state index contributed by atoms with van der Waals surface area (Å²) in [6.45, 7) is -2.01. The van der Waals surface area contributed by atoms with E-state index in [1.807, 2.05) is 0 Å². The van der Waals surface area contributed by atoms with Crippen LogP contribution in [0.5, 0.6) is 0 Å². The molecule has 18 nitrogen and oxygen atoms in total. The lowest BCUT2D eigenvalue weighted by Crippen LogP contribution is -2.40. The van der Waals surface area contributed by atoms with Crippen LogP contribution in [0.2, 0.25) is 0 Å². The average molecular weight is 556 g/mol. The first-order valence-corrected chi connectivity index (χ1v) is 14.7. The topological polar surface area (TPSA) is 274 Å². The maximum Gasteiger partial charge on any atom is 0.469 e. The molecule has 194 valence electrons. The Balaban J connectivity index is 4.90. The molecule has 0 aromatic heterocycles. The van der Waals surface area contributed by atoms with Crippen molar-refractivity contribution >= 4 is 31.3 Å². The van der Waals surface area contributed by atoms with E-state index in [4.69, 9.17) is 39.1 Å². The van der Waals surface area contributed by atoms with Crippen LogP contribution in [0.25, 0.3) is 0 Å². The summed E-state index contributed by atoms with van der Waals surface area (Å²) in [5, 5.41) is 0. The van der Waals surface area contributed by atoms with Crippen LogP contribution < -0.4 is 0 Å². The van der Waals surface area contributed by atoms with Crippen LogP contribution in [0.4, 0.5) is 0 Å². The molecule has 0 saturated carbocycles. The van der Waals surface area contributed by atoms with Gasteiger partial charge in [0.15, 0.2) is 0 Å². The van der Waals surface area contributed by atoms with Gasteiger partial charge in [-0.05, 0) is 0 Å². The van der Waals surface area contributed by atoms with Crippen LogP contribution in [0, 0.1) is 0 Å². The van der Waals surface area contributed by atoms with Gasteiger partial charge in [-0.15, -0.1) is 0 Å². The van der Waals surface area contributed by atoms with Gasteiger partial charge in [-0.25, -0.2) is 18.3 Å². The van der Waals surface area contributed by atoms with Crippen molar-refractivity contribution in [2.24, 2.45) is 0 Å². The van der Waals surface area contributed by atoms with Gasteiger partial charge < -0.3 is 39.1 Å². The van der Waals surface area contributed by atoms with Crippen molar-refractivity contribution in [3.05, 3.63) is 0 Å². The summed E-state index contributed by atoms with van der Waals surface area (Å²) in [6, 6.07) is 0. The predicted octanol–water partition coefficient (Wildman–Crippen LogP) is -1.97. The van der Waals surface area contributed by atoms with Gasteiger partial charge in [-0.2, -0.15) is 0 Å². The summed E-state index contributed by atoms with van der Waals surface area (Å²) in [7, 11) is -19.0. The van der Waals surface area contributed by atoms with E-state index in [1.54, 1.807) is 0 Å². The molecular weight excluding hydrogens is 528 g/mol. The van der Waals surface area contributed by atoms with Crippen LogP contribution in [0.3, 0.4) is 0 Å². The molecule has 0 heterocycles. The highest BCUT2D eigenvalue weighted by atomic mass is 31.2. The van der Waals surface area contributed by atoms with Gasteiger partial charge in [0.05, 0.1) is 26.4 Å². The highest BCUT2D eigenvalue weighted by Crippen LogP contribution is 2.37. The third-order valence-electron chi connectivity index (χ3n) is 3.40. The molecule has 0 bridgehead atoms. The molecule has 0 aromatic carbocycles. The van der Waals surface area contributed by atoms with Gasteiger partial charge in [0, 0.05) is 39.3 Å². The Morgan fingerprint density at radius 1 is 0.406 bits per heavy atom. The van der Waals surface area contributed by atoms with E-state index in [1.165, 1.54) is 9.80 Å². The van der Waals surface area contributed by atoms with Crippen molar-refractivity contribution in [3.63, 3.8) is 0 Å². The minimum Gasteiger partial charge on any atom is -0.303 e. The Morgan fingerprint density at radius 3 is 0.750 bits per heavy atom. The summed E-state index contributed by atoms with van der Waals surface area (Å²) in [5.74, 6) is 0. The highest BCUT2D eigenvalue weighted by Gasteiger charge is 2.20. The average Bonchev–Trinajstić information content (AvgIpc) is 2.54. The molecule has 0 atom stereocenters. The van der Waals surface area contributed by atoms with Crippen LogP contribution in [0.15, 0.2) is 0 Å². The SMILES string of the molecule is O=P(O)(O)OCCN(CCOP(=O)(O)O)CCN(CCOP(=O)(O)O)CCOP(=O)(O)O. The minimum absolute atomic E-state index is 0.0703. The fraction of sp³-hybridized carbons (Fsp3) is 1.00. The molecule has 0 unspecified atom stereocenters. The molecule has 0 amide bonds. The Kier molecular flexibility index (Phi) is 14.9. The number of rotatable bonds is 19. The molecule has 0 radical (unpaired) electrons. The number of hydrogen-bond donors (Lipinski definition) is 8. The Labute approximate surface area is 183 Å². The zero-order chi connectivity index (χ0) is 25.1. The van der Waals surface area contributed by atoms with Gasteiger partial charge in [0.2, 0.25) is 0 Å². The smallest absolute Gasteiger partial charge is 0.303 e. The fourth-order valence-electron chi connectivity index (χ4n) is 2.11. The van der Waals surface area contributed by atoms with Crippen molar-refractivity contribution in [1.29, 1.82) is 0 Å². The standard InChI is InChI=1S/C10H28N2O16P4/c13-29(14,15)25-7-3-11(4-8-26-30(16,17)18)1-2-12(5-9-27-31(19,20)21)6-10-28-32(22,23)24/h1-10H2,(H2,13,14,15)(H2,16,17,18)(H2,19,20,21)(H2,22,23,24). The number of nitrogens with zero attached hydrogens (tertiary/aromatic N) is 2. The first-order valence-electron chi connectivity index (χ1n) is 8.61. The summed E-state index contributed by atoms with van der Waals surface area (Å²) >= 11 is 0. The maximum atomic E-state index is 10.8. The van der Waals surface area contributed by atoms with E-state index in [0.717, 1.165) is 0 Å². The van der Waals surface area contributed by atoms with Crippen LogP contribution in [0.1, 0.15) is 0 Å². The summed E-state index contributed by atoms with van der Waals surface area (Å²) in [5.41, 5.74) is 0. The summed E-state index contributed by atoms with van der Waals surface area (Å²) in [6.07, 6.45) is 0. The Hall–Kier alpha value is 0.360. The molecule has 22 heteroatoms. The minimum atomic E-state index is -4.75. The Bertz CT molecular complexity index is 598. The van der Waals surface area contributed by atoms with Gasteiger partial charge >= 0.3 is 31.3 Å². The molecule has 0 aliphatic rings. The van der Waals surface area contributed by atoms with Gasteiger partial charge in [0.25, 0.3) is 0 Å². The predicted molar refractivity (Wildman–Crippen MR) is 105 cm³/mol. The van der Waals surface area contributed by atoms with Crippen molar-refractivity contribution in [2.45, 2.75) is 0 Å². The Morgan fingerprint density at radius 2 is 0.594 bits per heavy atom. The van der Waals surface area contributed by atoms with Crippen molar-refractivity contribution in [1.82, 2.24) is 9.80 Å². The highest BCUT2D eigenvalue weighted by molar-refractivity contribution is 7.47. The number of phosphoric ester groups is 4. The molecule has 0 aromatic rings. The van der Waals surface area contributed by atoms with Crippen LogP contribution >= 0.6 is 31.3 Å². The molecule has 0 aliphatic heterocycles. The van der Waals surface area contributed by atoms with E-state index in [-0.39, 0.29) is 39.3 Å². The third kappa shape index (κ3) is 23.5. The van der Waals surface area contributed by atoms with E-state index in [9.17, 15) is 18.3 Å². The van der Waals surface area contributed by atoms with Crippen molar-refractivity contribution < 1.29 is 75.5 Å². The molecule has 0 spiro atoms. The lowest BCUT2D eigenvalue weighted by atomic mass is 10.4. The van der Waals surface area contributed by atoms with Crippen molar-refractivity contribution in [3.8, 4) is 0 Å². The first-order chi connectivity index (χ1) is 14.4. The molecule has 8 N–H and O–H groups in total. The number of hydrogen-bond acceptors (Lipinski definition) is 10. The van der Waals surface area contributed by atoms with Crippen molar-refractivity contribution in [2.75, 3.05) is 65.7 Å². The van der Waals surface area contributed by atoms with Gasteiger partial charge in [0.1, 0.15) is 0 Å². The molecule has 0 saturated heterocycles. The molecule has 0 aliphatic carbocycles. The lowest BCUT2D eigenvalue weighted by Gasteiger charge is -2.27. The van der Waals surface area contributed by atoms with Gasteiger partial charge in [-0.1, -0.05) is 0 Å². The van der Waals surface area contributed by atoms with Crippen LogP contribution in [-0.2, 0) is 36.4 Å². The quantitative estimate of drug-likeness (QED) is 0.0801. The second kappa shape index (κ2) is 14.7. The second-order valence-electron chi connectivity index (χ2n) is 5.98. The van der Waals surface area contributed by atoms with Crippen LogP contribution in [-0.4, -0.2) is 115 Å². The van der Waals surface area contributed by atoms with E-state index < -0.39 is 57.7 Å². The molecular formula is C10H28N2O16P4. The lowest BCUT2D eigenvalue weighted by molar-refractivity contribution is 0.106. The van der Waals surface area contributed by atoms with E-state index in [0.29, 0.717) is 0 Å². The molecule has 32 heavy (non-hydrogen) atoms. The zero-order valence-corrected chi connectivity index (χ0v) is 20.2. The molecule has 0 fully saturated rings. The normalized spacial score (nSPS) is 13.9. The fourth-order valence-corrected chi connectivity index (χ4v) is 3.39. The monoisotopic (exact) mass is 556 g/mol. The largest absolute Gasteiger partial charge is 0.469 e. The zero-order valence-electron chi connectivity index (χ0n) is 16.6. The first kappa shape index (κ1) is 32.4. The third-order valence-corrected chi connectivity index (χ3v) is 5.48. The molecule has 0 rings (SSSR count). The summed E-state index contributed by atoms with van der Waals surface area (Å²) in [4.78, 5) is 72.8. The van der Waals surface area contributed by atoms with E-state index >= 15 is 0 Å². The van der Waals surface area contributed by atoms with Gasteiger partial charge in [-0.3, -0.25) is 27.9 Å². The summed E-state index contributed by atoms with van der Waals surface area (Å²) < 4.78 is 60.4. The number of phosphoric acid groups is 4. The van der Waals surface area contributed by atoms with E-state index in [2.05, 4.69) is 18.1 Å². The second-order valence-corrected chi connectivity index (χ2v) is 10.9.